The summed E-state index contributed by atoms with van der Waals surface area (Å²) in [6.07, 6.45) is 6.39. The molecule has 0 saturated carbocycles. The molecule has 2 aliphatic heterocycles. The van der Waals surface area contributed by atoms with Crippen LogP contribution in [0.5, 0.6) is 0 Å². The zero-order chi connectivity index (χ0) is 21.5. The number of hydrogen-bond acceptors (Lipinski definition) is 4. The molecular formula is C25H28N4O2. The fraction of sp³-hybridized carbons (Fsp3) is 0.440. The zero-order valence-corrected chi connectivity index (χ0v) is 18.1. The van der Waals surface area contributed by atoms with Crippen LogP contribution in [-0.4, -0.2) is 38.4 Å². The molecule has 2 aliphatic rings. The molecule has 6 heteroatoms. The van der Waals surface area contributed by atoms with E-state index in [0.717, 1.165) is 36.0 Å². The van der Waals surface area contributed by atoms with E-state index in [1.807, 2.05) is 33.7 Å². The fourth-order valence-corrected chi connectivity index (χ4v) is 5.36. The number of likely N-dealkylation sites (tertiary alicyclic amines) is 1. The number of carbonyl (C=O) groups excluding carboxylic acids is 1. The van der Waals surface area contributed by atoms with Crippen LogP contribution in [0.25, 0.3) is 11.0 Å². The molecule has 4 heterocycles. The largest absolute Gasteiger partial charge is 0.338 e. The standard InChI is InChI=1S/C25H28N4O2/c1-16(2)6-9-23-19-12-18(22-4-3-5-24(30)29(22)23)14-28(15-19)25(31)17-7-8-20-21(13-17)27-11-10-26-20/h3-5,7-8,10-11,13,16,18-19,23H,6,9,12,14-15H2,1-2H3/t18-,19+,23+/m1/s1. The first-order valence-corrected chi connectivity index (χ1v) is 11.2. The summed E-state index contributed by atoms with van der Waals surface area (Å²) in [5.74, 6) is 1.12. The smallest absolute Gasteiger partial charge is 0.253 e. The SMILES string of the molecule is CC(C)CC[C@H]1[C@H]2C[C@H](CN(C(=O)c3ccc4nccnc4c3)C2)c2cccc(=O)n21. The summed E-state index contributed by atoms with van der Waals surface area (Å²) >= 11 is 0. The Kier molecular flexibility index (Phi) is 5.08. The number of aromatic nitrogens is 3. The van der Waals surface area contributed by atoms with Gasteiger partial charge in [-0.2, -0.15) is 0 Å². The third-order valence-electron chi connectivity index (χ3n) is 6.84. The van der Waals surface area contributed by atoms with Crippen molar-refractivity contribution < 1.29 is 4.79 Å². The second-order valence-corrected chi connectivity index (χ2v) is 9.36. The third kappa shape index (κ3) is 3.64. The molecular weight excluding hydrogens is 388 g/mol. The van der Waals surface area contributed by atoms with E-state index < -0.39 is 0 Å². The molecule has 1 amide bonds. The molecule has 0 spiro atoms. The Balaban J connectivity index is 1.47. The van der Waals surface area contributed by atoms with E-state index >= 15 is 0 Å². The number of fused-ring (bicyclic) bond motifs is 5. The molecule has 0 radical (unpaired) electrons. The molecule has 0 unspecified atom stereocenters. The molecule has 6 nitrogen and oxygen atoms in total. The first kappa shape index (κ1) is 19.9. The lowest BCUT2D eigenvalue weighted by molar-refractivity contribution is 0.0513. The summed E-state index contributed by atoms with van der Waals surface area (Å²) in [5, 5.41) is 0. The normalized spacial score (nSPS) is 22.5. The second-order valence-electron chi connectivity index (χ2n) is 9.36. The first-order valence-electron chi connectivity index (χ1n) is 11.2. The van der Waals surface area contributed by atoms with Gasteiger partial charge in [-0.15, -0.1) is 0 Å². The number of hydrogen-bond donors (Lipinski definition) is 0. The number of pyridine rings is 1. The Bertz CT molecular complexity index is 1190. The molecule has 0 aliphatic carbocycles. The van der Waals surface area contributed by atoms with E-state index in [4.69, 9.17) is 0 Å². The van der Waals surface area contributed by atoms with Crippen LogP contribution in [0.2, 0.25) is 0 Å². The summed E-state index contributed by atoms with van der Waals surface area (Å²) < 4.78 is 2.04. The molecule has 31 heavy (non-hydrogen) atoms. The van der Waals surface area contributed by atoms with E-state index in [1.54, 1.807) is 18.5 Å². The molecule has 0 N–H and O–H groups in total. The Hall–Kier alpha value is -3.02. The molecule has 1 saturated heterocycles. The Morgan fingerprint density at radius 2 is 1.90 bits per heavy atom. The van der Waals surface area contributed by atoms with Crippen molar-refractivity contribution in [1.29, 1.82) is 0 Å². The molecule has 3 atom stereocenters. The summed E-state index contributed by atoms with van der Waals surface area (Å²) in [6, 6.07) is 11.3. The van der Waals surface area contributed by atoms with Crippen LogP contribution < -0.4 is 5.56 Å². The zero-order valence-electron chi connectivity index (χ0n) is 18.1. The van der Waals surface area contributed by atoms with E-state index in [1.165, 1.54) is 0 Å². The number of rotatable bonds is 4. The van der Waals surface area contributed by atoms with Gasteiger partial charge in [0.05, 0.1) is 11.0 Å². The van der Waals surface area contributed by atoms with Gasteiger partial charge in [-0.25, -0.2) is 0 Å². The van der Waals surface area contributed by atoms with E-state index in [9.17, 15) is 9.59 Å². The maximum Gasteiger partial charge on any atom is 0.253 e. The fourth-order valence-electron chi connectivity index (χ4n) is 5.36. The molecule has 1 fully saturated rings. The van der Waals surface area contributed by atoms with Gasteiger partial charge in [0, 0.05) is 54.8 Å². The van der Waals surface area contributed by atoms with Gasteiger partial charge in [0.1, 0.15) is 0 Å². The summed E-state index contributed by atoms with van der Waals surface area (Å²) in [6.45, 7) is 5.78. The highest BCUT2D eigenvalue weighted by Crippen LogP contribution is 2.43. The molecule has 1 aromatic carbocycles. The Morgan fingerprint density at radius 3 is 2.71 bits per heavy atom. The Morgan fingerprint density at radius 1 is 1.10 bits per heavy atom. The number of benzene rings is 1. The van der Waals surface area contributed by atoms with Crippen molar-refractivity contribution in [2.45, 2.75) is 45.1 Å². The van der Waals surface area contributed by atoms with Crippen molar-refractivity contribution in [3.8, 4) is 0 Å². The minimum Gasteiger partial charge on any atom is -0.338 e. The lowest BCUT2D eigenvalue weighted by Crippen LogP contribution is -2.51. The molecule has 160 valence electrons. The predicted octanol–water partition coefficient (Wildman–Crippen LogP) is 4.03. The minimum absolute atomic E-state index is 0.0385. The summed E-state index contributed by atoms with van der Waals surface area (Å²) in [4.78, 5) is 36.8. The molecule has 2 aromatic heterocycles. The van der Waals surface area contributed by atoms with Crippen molar-refractivity contribution in [3.05, 3.63) is 70.4 Å². The first-order chi connectivity index (χ1) is 15.0. The van der Waals surface area contributed by atoms with Gasteiger partial charge < -0.3 is 9.47 Å². The molecule has 2 bridgehead atoms. The van der Waals surface area contributed by atoms with Crippen molar-refractivity contribution in [3.63, 3.8) is 0 Å². The summed E-state index contributed by atoms with van der Waals surface area (Å²) in [5.41, 5.74) is 3.35. The third-order valence-corrected chi connectivity index (χ3v) is 6.84. The average Bonchev–Trinajstić information content (AvgIpc) is 2.78. The Labute approximate surface area is 181 Å². The molecule has 5 rings (SSSR count). The van der Waals surface area contributed by atoms with Crippen LogP contribution in [0.3, 0.4) is 0 Å². The average molecular weight is 417 g/mol. The van der Waals surface area contributed by atoms with Crippen molar-refractivity contribution in [2.75, 3.05) is 13.1 Å². The number of piperidine rings is 1. The van der Waals surface area contributed by atoms with Gasteiger partial charge in [-0.05, 0) is 55.4 Å². The van der Waals surface area contributed by atoms with Crippen LogP contribution in [0.1, 0.15) is 61.1 Å². The minimum atomic E-state index is 0.0385. The van der Waals surface area contributed by atoms with Crippen LogP contribution in [0.15, 0.2) is 53.6 Å². The lowest BCUT2D eigenvalue weighted by Gasteiger charge is -2.47. The maximum absolute atomic E-state index is 13.4. The van der Waals surface area contributed by atoms with Crippen LogP contribution in [-0.2, 0) is 0 Å². The van der Waals surface area contributed by atoms with E-state index in [2.05, 4.69) is 29.9 Å². The maximum atomic E-state index is 13.4. The highest BCUT2D eigenvalue weighted by Gasteiger charge is 2.41. The van der Waals surface area contributed by atoms with Gasteiger partial charge >= 0.3 is 0 Å². The highest BCUT2D eigenvalue weighted by molar-refractivity contribution is 5.97. The quantitative estimate of drug-likeness (QED) is 0.644. The van der Waals surface area contributed by atoms with Crippen LogP contribution in [0, 0.1) is 11.8 Å². The van der Waals surface area contributed by atoms with Gasteiger partial charge in [-0.1, -0.05) is 19.9 Å². The van der Waals surface area contributed by atoms with Gasteiger partial charge in [0.25, 0.3) is 11.5 Å². The van der Waals surface area contributed by atoms with E-state index in [-0.39, 0.29) is 23.4 Å². The lowest BCUT2D eigenvalue weighted by atomic mass is 9.76. The number of amides is 1. The summed E-state index contributed by atoms with van der Waals surface area (Å²) in [7, 11) is 0. The second kappa shape index (κ2) is 7.91. The van der Waals surface area contributed by atoms with Gasteiger partial charge in [0.2, 0.25) is 0 Å². The van der Waals surface area contributed by atoms with Crippen molar-refractivity contribution in [1.82, 2.24) is 19.4 Å². The van der Waals surface area contributed by atoms with Gasteiger partial charge in [-0.3, -0.25) is 19.6 Å². The monoisotopic (exact) mass is 416 g/mol. The topological polar surface area (TPSA) is 68.1 Å². The molecule has 3 aromatic rings. The highest BCUT2D eigenvalue weighted by atomic mass is 16.2. The number of carbonyl (C=O) groups is 1. The van der Waals surface area contributed by atoms with Gasteiger partial charge in [0.15, 0.2) is 0 Å². The number of nitrogens with zero attached hydrogens (tertiary/aromatic N) is 4. The van der Waals surface area contributed by atoms with Crippen molar-refractivity contribution in [2.24, 2.45) is 11.8 Å². The van der Waals surface area contributed by atoms with Crippen LogP contribution >= 0.6 is 0 Å². The van der Waals surface area contributed by atoms with Crippen LogP contribution in [0.4, 0.5) is 0 Å². The van der Waals surface area contributed by atoms with E-state index in [0.29, 0.717) is 30.5 Å². The predicted molar refractivity (Wildman–Crippen MR) is 120 cm³/mol. The van der Waals surface area contributed by atoms with Crippen molar-refractivity contribution >= 4 is 16.9 Å².